The summed E-state index contributed by atoms with van der Waals surface area (Å²) < 4.78 is 19.3. The molecule has 20 heavy (non-hydrogen) atoms. The zero-order chi connectivity index (χ0) is 14.6. The molecule has 2 aliphatic rings. The molecule has 114 valence electrons. The van der Waals surface area contributed by atoms with Crippen molar-refractivity contribution in [1.29, 1.82) is 0 Å². The van der Waals surface area contributed by atoms with Gasteiger partial charge >= 0.3 is 6.03 Å². The summed E-state index contributed by atoms with van der Waals surface area (Å²) in [5.74, 6) is -0.514. The first-order valence-electron chi connectivity index (χ1n) is 7.07. The van der Waals surface area contributed by atoms with E-state index in [2.05, 4.69) is 10.6 Å². The third-order valence-electron chi connectivity index (χ3n) is 3.75. The highest BCUT2D eigenvalue weighted by Crippen LogP contribution is 2.29. The van der Waals surface area contributed by atoms with Gasteiger partial charge in [-0.05, 0) is 12.8 Å². The lowest BCUT2D eigenvalue weighted by Gasteiger charge is -2.35. The van der Waals surface area contributed by atoms with Gasteiger partial charge in [0.05, 0.1) is 6.61 Å². The number of urea groups is 1. The van der Waals surface area contributed by atoms with Gasteiger partial charge in [-0.1, -0.05) is 0 Å². The molecule has 6 nitrogen and oxygen atoms in total. The van der Waals surface area contributed by atoms with Crippen molar-refractivity contribution < 1.29 is 18.7 Å². The smallest absolute Gasteiger partial charge is 0.317 e. The number of alkyl halides is 1. The average Bonchev–Trinajstić information content (AvgIpc) is 3.23. The number of rotatable bonds is 5. The summed E-state index contributed by atoms with van der Waals surface area (Å²) in [6.07, 6.45) is 2.00. The van der Waals surface area contributed by atoms with E-state index >= 15 is 0 Å². The molecule has 7 heteroatoms. The Morgan fingerprint density at radius 3 is 2.55 bits per heavy atom. The molecule has 0 aromatic heterocycles. The summed E-state index contributed by atoms with van der Waals surface area (Å²) in [7, 11) is 1.56. The minimum absolute atomic E-state index is 0.0588. The lowest BCUT2D eigenvalue weighted by atomic mass is 9.92. The lowest BCUT2D eigenvalue weighted by Crippen LogP contribution is -2.54. The topological polar surface area (TPSA) is 70.7 Å². The van der Waals surface area contributed by atoms with Crippen LogP contribution < -0.4 is 10.6 Å². The number of piperidine rings is 1. The summed E-state index contributed by atoms with van der Waals surface area (Å²) in [6, 6.07) is -0.0720. The summed E-state index contributed by atoms with van der Waals surface area (Å²) >= 11 is 0. The number of halogens is 1. The second-order valence-electron chi connectivity index (χ2n) is 5.42. The van der Waals surface area contributed by atoms with Crippen molar-refractivity contribution in [3.63, 3.8) is 0 Å². The van der Waals surface area contributed by atoms with Crippen LogP contribution in [-0.2, 0) is 9.53 Å². The van der Waals surface area contributed by atoms with Gasteiger partial charge in [0.15, 0.2) is 5.67 Å². The molecule has 0 radical (unpaired) electrons. The maximum Gasteiger partial charge on any atom is 0.317 e. The van der Waals surface area contributed by atoms with Gasteiger partial charge in [0, 0.05) is 45.6 Å². The lowest BCUT2D eigenvalue weighted by molar-refractivity contribution is -0.135. The molecule has 0 spiro atoms. The van der Waals surface area contributed by atoms with Crippen molar-refractivity contribution in [2.45, 2.75) is 37.4 Å². The predicted molar refractivity (Wildman–Crippen MR) is 71.1 cm³/mol. The van der Waals surface area contributed by atoms with Gasteiger partial charge in [-0.25, -0.2) is 9.18 Å². The van der Waals surface area contributed by atoms with Crippen molar-refractivity contribution in [1.82, 2.24) is 15.5 Å². The number of hydrogen-bond donors (Lipinski definition) is 2. The van der Waals surface area contributed by atoms with Crippen LogP contribution in [0.25, 0.3) is 0 Å². The highest BCUT2D eigenvalue weighted by molar-refractivity contribution is 5.86. The molecule has 2 fully saturated rings. The molecule has 1 saturated carbocycles. The predicted octanol–water partition coefficient (Wildman–Crippen LogP) is 0.425. The monoisotopic (exact) mass is 287 g/mol. The fourth-order valence-corrected chi connectivity index (χ4v) is 2.21. The van der Waals surface area contributed by atoms with Crippen LogP contribution in [0.1, 0.15) is 25.7 Å². The summed E-state index contributed by atoms with van der Waals surface area (Å²) in [4.78, 5) is 25.2. The molecule has 2 rings (SSSR count). The Kier molecular flexibility index (Phi) is 4.80. The molecule has 1 aliphatic carbocycles. The second kappa shape index (κ2) is 6.39. The standard InChI is InChI=1S/C13H22FN3O3/c1-20-9-6-15-12(19)17-7-4-13(14,5-8-17)11(18)16-10-2-3-10/h10H,2-9H2,1H3,(H,15,19)(H,16,18). The van der Waals surface area contributed by atoms with Crippen LogP contribution in [-0.4, -0.2) is 61.9 Å². The Morgan fingerprint density at radius 1 is 1.35 bits per heavy atom. The highest BCUT2D eigenvalue weighted by atomic mass is 19.1. The minimum Gasteiger partial charge on any atom is -0.383 e. The Balaban J connectivity index is 1.75. The van der Waals surface area contributed by atoms with Gasteiger partial charge in [0.1, 0.15) is 0 Å². The van der Waals surface area contributed by atoms with E-state index in [1.165, 1.54) is 4.90 Å². The van der Waals surface area contributed by atoms with Gasteiger partial charge in [0.2, 0.25) is 0 Å². The SMILES string of the molecule is COCCNC(=O)N1CCC(F)(C(=O)NC2CC2)CC1. The van der Waals surface area contributed by atoms with Crippen LogP contribution >= 0.6 is 0 Å². The molecular weight excluding hydrogens is 265 g/mol. The van der Waals surface area contributed by atoms with Gasteiger partial charge in [0.25, 0.3) is 5.91 Å². The van der Waals surface area contributed by atoms with Crippen LogP contribution in [0.15, 0.2) is 0 Å². The fraction of sp³-hybridized carbons (Fsp3) is 0.846. The van der Waals surface area contributed by atoms with Gasteiger partial charge in [-0.3, -0.25) is 4.79 Å². The quantitative estimate of drug-likeness (QED) is 0.720. The van der Waals surface area contributed by atoms with Crippen LogP contribution in [0.4, 0.5) is 9.18 Å². The number of likely N-dealkylation sites (tertiary alicyclic amines) is 1. The first kappa shape index (κ1) is 15.0. The van der Waals surface area contributed by atoms with Crippen LogP contribution in [0.2, 0.25) is 0 Å². The third kappa shape index (κ3) is 3.82. The van der Waals surface area contributed by atoms with Crippen molar-refractivity contribution >= 4 is 11.9 Å². The summed E-state index contributed by atoms with van der Waals surface area (Å²) in [6.45, 7) is 1.38. The molecular formula is C13H22FN3O3. The van der Waals surface area contributed by atoms with E-state index < -0.39 is 11.6 Å². The first-order chi connectivity index (χ1) is 9.55. The second-order valence-corrected chi connectivity index (χ2v) is 5.42. The number of ether oxygens (including phenoxy) is 1. The Hall–Kier alpha value is -1.37. The fourth-order valence-electron chi connectivity index (χ4n) is 2.21. The molecule has 0 aromatic carbocycles. The Morgan fingerprint density at radius 2 is 2.00 bits per heavy atom. The number of hydrogen-bond acceptors (Lipinski definition) is 3. The molecule has 3 amide bonds. The van der Waals surface area contributed by atoms with Crippen molar-refractivity contribution in [3.05, 3.63) is 0 Å². The largest absolute Gasteiger partial charge is 0.383 e. The molecule has 1 saturated heterocycles. The average molecular weight is 287 g/mol. The third-order valence-corrected chi connectivity index (χ3v) is 3.75. The zero-order valence-electron chi connectivity index (χ0n) is 11.8. The van der Waals surface area contributed by atoms with Crippen LogP contribution in [0.3, 0.4) is 0 Å². The molecule has 2 N–H and O–H groups in total. The van der Waals surface area contributed by atoms with Gasteiger partial charge < -0.3 is 20.3 Å². The number of carbonyl (C=O) groups is 2. The van der Waals surface area contributed by atoms with E-state index in [0.717, 1.165) is 12.8 Å². The maximum atomic E-state index is 14.5. The first-order valence-corrected chi connectivity index (χ1v) is 7.07. The molecule has 0 aromatic rings. The molecule has 1 aliphatic heterocycles. The number of methoxy groups -OCH3 is 1. The number of nitrogens with zero attached hydrogens (tertiary/aromatic N) is 1. The highest BCUT2D eigenvalue weighted by Gasteiger charge is 2.44. The van der Waals surface area contributed by atoms with E-state index in [-0.39, 0.29) is 38.0 Å². The normalized spacial score (nSPS) is 21.4. The number of carbonyl (C=O) groups excluding carboxylic acids is 2. The Labute approximate surface area is 118 Å². The Bertz CT molecular complexity index is 366. The van der Waals surface area contributed by atoms with Crippen molar-refractivity contribution in [2.24, 2.45) is 0 Å². The van der Waals surface area contributed by atoms with Gasteiger partial charge in [-0.2, -0.15) is 0 Å². The van der Waals surface area contributed by atoms with E-state index in [1.54, 1.807) is 7.11 Å². The van der Waals surface area contributed by atoms with E-state index in [9.17, 15) is 14.0 Å². The molecule has 1 heterocycles. The minimum atomic E-state index is -1.83. The van der Waals surface area contributed by atoms with E-state index in [1.807, 2.05) is 0 Å². The van der Waals surface area contributed by atoms with E-state index in [0.29, 0.717) is 13.2 Å². The van der Waals surface area contributed by atoms with Crippen molar-refractivity contribution in [2.75, 3.05) is 33.4 Å². The van der Waals surface area contributed by atoms with Crippen LogP contribution in [0.5, 0.6) is 0 Å². The summed E-state index contributed by atoms with van der Waals surface area (Å²) in [5.41, 5.74) is -1.83. The van der Waals surface area contributed by atoms with Crippen molar-refractivity contribution in [3.8, 4) is 0 Å². The molecule has 0 atom stereocenters. The number of amides is 3. The molecule has 0 unspecified atom stereocenters. The number of nitrogens with one attached hydrogen (secondary N) is 2. The maximum absolute atomic E-state index is 14.5. The van der Waals surface area contributed by atoms with Crippen LogP contribution in [0, 0.1) is 0 Å². The van der Waals surface area contributed by atoms with E-state index in [4.69, 9.17) is 4.74 Å². The van der Waals surface area contributed by atoms with Gasteiger partial charge in [-0.15, -0.1) is 0 Å². The molecule has 0 bridgehead atoms. The summed E-state index contributed by atoms with van der Waals surface area (Å²) in [5, 5.41) is 5.39. The zero-order valence-corrected chi connectivity index (χ0v) is 11.8.